The van der Waals surface area contributed by atoms with E-state index in [2.05, 4.69) is 33.2 Å². The van der Waals surface area contributed by atoms with Gasteiger partial charge in [-0.25, -0.2) is 0 Å². The van der Waals surface area contributed by atoms with Gasteiger partial charge in [-0.15, -0.1) is 0 Å². The molecule has 13 nitrogen and oxygen atoms in total. The second kappa shape index (κ2) is 17.5. The molecule has 52 heavy (non-hydrogen) atoms. The maximum atomic E-state index is 14.5. The Bertz CT molecular complexity index is 1720. The SMILES string of the molecule is COCCN1CC(=O)N[C@@H](C(C)C)C(=O)NCCOc2ccc(cc2)C[C@H](NC(=O)CCC2(C)CC2)C(=O)N[C@@H](Cc2c[nH]c3ccccc23)C1=O. The van der Waals surface area contributed by atoms with Crippen LogP contribution in [-0.4, -0.2) is 97.5 Å². The average molecular weight is 717 g/mol. The third-order valence-corrected chi connectivity index (χ3v) is 9.93. The summed E-state index contributed by atoms with van der Waals surface area (Å²) >= 11 is 0. The standard InChI is InChI=1S/C39H52N6O7/c1-25(2)35-37(49)40-17-19-52-28-11-9-26(10-12-28)21-31(42-33(46)13-14-39(3)15-16-39)36(48)43-32(22-27-23-41-30-8-6-5-7-29(27)30)38(50)45(18-20-51-4)24-34(47)44-35/h5-12,23,25,31-32,35,41H,13-22,24H2,1-4H3,(H,40,49)(H,42,46)(H,43,48)(H,44,47)/t31-,32-,35-/m0/s1. The number of amides is 5. The monoisotopic (exact) mass is 716 g/mol. The van der Waals surface area contributed by atoms with Gasteiger partial charge in [-0.2, -0.15) is 0 Å². The molecule has 1 aromatic heterocycles. The fraction of sp³-hybridized carbons (Fsp3) is 0.513. The van der Waals surface area contributed by atoms with Crippen molar-refractivity contribution in [2.75, 3.05) is 40.0 Å². The predicted octanol–water partition coefficient (Wildman–Crippen LogP) is 2.63. The number of aromatic amines is 1. The summed E-state index contributed by atoms with van der Waals surface area (Å²) in [6.07, 6.45) is 5.28. The summed E-state index contributed by atoms with van der Waals surface area (Å²) in [5, 5.41) is 12.4. The second-order valence-corrected chi connectivity index (χ2v) is 14.6. The number of hydrogen-bond donors (Lipinski definition) is 5. The number of benzene rings is 2. The normalized spacial score (nSPS) is 21.6. The van der Waals surface area contributed by atoms with Gasteiger partial charge in [0.05, 0.1) is 19.7 Å². The number of carbonyl (C=O) groups excluding carboxylic acids is 5. The molecule has 0 saturated heterocycles. The molecule has 3 heterocycles. The Labute approximate surface area is 304 Å². The lowest BCUT2D eigenvalue weighted by Crippen LogP contribution is -2.58. The first-order valence-corrected chi connectivity index (χ1v) is 18.2. The van der Waals surface area contributed by atoms with Crippen LogP contribution in [0.15, 0.2) is 54.7 Å². The number of fused-ring (bicyclic) bond motifs is 18. The molecule has 2 aliphatic heterocycles. The van der Waals surface area contributed by atoms with Crippen molar-refractivity contribution in [2.45, 2.75) is 77.4 Å². The number of nitrogens with zero attached hydrogens (tertiary/aromatic N) is 1. The fourth-order valence-electron chi connectivity index (χ4n) is 6.37. The highest BCUT2D eigenvalue weighted by Crippen LogP contribution is 2.48. The molecule has 3 aromatic rings. The van der Waals surface area contributed by atoms with Crippen LogP contribution in [0.5, 0.6) is 5.75 Å². The number of para-hydroxylation sites is 1. The van der Waals surface area contributed by atoms with Gasteiger partial charge in [-0.1, -0.05) is 51.1 Å². The smallest absolute Gasteiger partial charge is 0.246 e. The number of H-pyrrole nitrogens is 1. The number of aromatic nitrogens is 1. The number of ether oxygens (including phenoxy) is 2. The molecule has 3 atom stereocenters. The number of nitrogens with one attached hydrogen (secondary N) is 5. The van der Waals surface area contributed by atoms with Crippen molar-refractivity contribution in [1.29, 1.82) is 0 Å². The molecule has 6 rings (SSSR count). The Balaban J connectivity index is 1.48. The quantitative estimate of drug-likeness (QED) is 0.201. The van der Waals surface area contributed by atoms with Gasteiger partial charge in [0.15, 0.2) is 0 Å². The molecular weight excluding hydrogens is 664 g/mol. The van der Waals surface area contributed by atoms with Crippen LogP contribution in [0.3, 0.4) is 0 Å². The molecule has 1 fully saturated rings. The molecule has 0 radical (unpaired) electrons. The molecule has 1 saturated carbocycles. The van der Waals surface area contributed by atoms with Crippen LogP contribution in [-0.2, 0) is 41.6 Å². The fourth-order valence-corrected chi connectivity index (χ4v) is 6.37. The van der Waals surface area contributed by atoms with Crippen LogP contribution in [0.1, 0.15) is 57.6 Å². The minimum absolute atomic E-state index is 0.0597. The van der Waals surface area contributed by atoms with Crippen LogP contribution >= 0.6 is 0 Å². The molecule has 1 aliphatic carbocycles. The summed E-state index contributed by atoms with van der Waals surface area (Å²) in [5.74, 6) is -1.82. The molecule has 5 amide bonds. The average Bonchev–Trinajstić information content (AvgIpc) is 3.74. The van der Waals surface area contributed by atoms with Crippen molar-refractivity contribution < 1.29 is 33.4 Å². The molecule has 2 aromatic carbocycles. The highest BCUT2D eigenvalue weighted by Gasteiger charge is 2.38. The Hall–Kier alpha value is -4.91. The zero-order chi connectivity index (χ0) is 37.3. The van der Waals surface area contributed by atoms with Gasteiger partial charge in [0, 0.05) is 50.0 Å². The lowest BCUT2D eigenvalue weighted by atomic mass is 10.00. The summed E-state index contributed by atoms with van der Waals surface area (Å²) in [7, 11) is 1.50. The molecule has 5 N–H and O–H groups in total. The Morgan fingerprint density at radius 2 is 1.79 bits per heavy atom. The molecule has 13 heteroatoms. The van der Waals surface area contributed by atoms with Gasteiger partial charge < -0.3 is 40.6 Å². The first-order chi connectivity index (χ1) is 24.9. The van der Waals surface area contributed by atoms with Crippen LogP contribution < -0.4 is 26.0 Å². The van der Waals surface area contributed by atoms with Crippen molar-refractivity contribution in [3.63, 3.8) is 0 Å². The maximum Gasteiger partial charge on any atom is 0.246 e. The Morgan fingerprint density at radius 3 is 2.50 bits per heavy atom. The molecule has 280 valence electrons. The summed E-state index contributed by atoms with van der Waals surface area (Å²) < 4.78 is 11.1. The number of rotatable bonds is 10. The zero-order valence-electron chi connectivity index (χ0n) is 30.6. The van der Waals surface area contributed by atoms with E-state index < -0.39 is 35.8 Å². The third-order valence-electron chi connectivity index (χ3n) is 9.93. The van der Waals surface area contributed by atoms with Gasteiger partial charge in [-0.3, -0.25) is 24.0 Å². The van der Waals surface area contributed by atoms with Crippen molar-refractivity contribution in [3.8, 4) is 5.75 Å². The van der Waals surface area contributed by atoms with E-state index in [0.717, 1.165) is 41.3 Å². The van der Waals surface area contributed by atoms with Gasteiger partial charge >= 0.3 is 0 Å². The zero-order valence-corrected chi connectivity index (χ0v) is 30.6. The summed E-state index contributed by atoms with van der Waals surface area (Å²) in [6.45, 7) is 6.03. The highest BCUT2D eigenvalue weighted by molar-refractivity contribution is 5.95. The van der Waals surface area contributed by atoms with Gasteiger partial charge in [0.2, 0.25) is 29.5 Å². The van der Waals surface area contributed by atoms with E-state index in [9.17, 15) is 24.0 Å². The van der Waals surface area contributed by atoms with Crippen LogP contribution in [0.25, 0.3) is 10.9 Å². The molecule has 2 bridgehead atoms. The van der Waals surface area contributed by atoms with E-state index in [-0.39, 0.29) is 68.8 Å². The van der Waals surface area contributed by atoms with Crippen LogP contribution in [0.4, 0.5) is 0 Å². The highest BCUT2D eigenvalue weighted by atomic mass is 16.5. The summed E-state index contributed by atoms with van der Waals surface area (Å²) in [5.41, 5.74) is 2.62. The predicted molar refractivity (Wildman–Crippen MR) is 196 cm³/mol. The van der Waals surface area contributed by atoms with Crippen molar-refractivity contribution in [1.82, 2.24) is 31.2 Å². The maximum absolute atomic E-state index is 14.5. The van der Waals surface area contributed by atoms with Crippen molar-refractivity contribution >= 4 is 40.4 Å². The Morgan fingerprint density at radius 1 is 1.04 bits per heavy atom. The van der Waals surface area contributed by atoms with Crippen molar-refractivity contribution in [3.05, 3.63) is 65.9 Å². The van der Waals surface area contributed by atoms with E-state index in [1.165, 1.54) is 12.0 Å². The first-order valence-electron chi connectivity index (χ1n) is 18.2. The minimum Gasteiger partial charge on any atom is -0.492 e. The molecule has 0 spiro atoms. The number of carbonyl (C=O) groups is 5. The van der Waals surface area contributed by atoms with Crippen LogP contribution in [0, 0.1) is 11.3 Å². The van der Waals surface area contributed by atoms with E-state index in [1.54, 1.807) is 18.3 Å². The topological polar surface area (TPSA) is 171 Å². The molecular formula is C39H52N6O7. The van der Waals surface area contributed by atoms with Crippen molar-refractivity contribution in [2.24, 2.45) is 11.3 Å². The second-order valence-electron chi connectivity index (χ2n) is 14.6. The van der Waals surface area contributed by atoms with E-state index in [1.807, 2.05) is 50.2 Å². The Kier molecular flexibility index (Phi) is 12.9. The first kappa shape index (κ1) is 38.3. The minimum atomic E-state index is -1.10. The van der Waals surface area contributed by atoms with Gasteiger partial charge in [0.25, 0.3) is 0 Å². The third kappa shape index (κ3) is 10.6. The number of methoxy groups -OCH3 is 1. The lowest BCUT2D eigenvalue weighted by Gasteiger charge is -2.30. The largest absolute Gasteiger partial charge is 0.492 e. The van der Waals surface area contributed by atoms with Crippen LogP contribution in [0.2, 0.25) is 0 Å². The van der Waals surface area contributed by atoms with E-state index in [0.29, 0.717) is 12.2 Å². The molecule has 0 unspecified atom stereocenters. The molecule has 3 aliphatic rings. The lowest BCUT2D eigenvalue weighted by molar-refractivity contribution is -0.141. The van der Waals surface area contributed by atoms with E-state index >= 15 is 0 Å². The van der Waals surface area contributed by atoms with Gasteiger partial charge in [0.1, 0.15) is 30.5 Å². The van der Waals surface area contributed by atoms with Gasteiger partial charge in [-0.05, 0) is 59.9 Å². The van der Waals surface area contributed by atoms with E-state index in [4.69, 9.17) is 9.47 Å². The summed E-state index contributed by atoms with van der Waals surface area (Å²) in [4.78, 5) is 73.2. The summed E-state index contributed by atoms with van der Waals surface area (Å²) in [6, 6.07) is 11.9. The number of hydrogen-bond acceptors (Lipinski definition) is 7.